The Labute approximate surface area is 80.8 Å². The number of unbranched alkanes of at least 4 members (excludes halogenated alkanes) is 1. The Morgan fingerprint density at radius 1 is 1.69 bits per heavy atom. The van der Waals surface area contributed by atoms with Crippen molar-refractivity contribution in [3.05, 3.63) is 10.9 Å². The molecule has 1 rings (SSSR count). The molecule has 1 N–H and O–H groups in total. The first-order valence-electron chi connectivity index (χ1n) is 4.15. The van der Waals surface area contributed by atoms with E-state index < -0.39 is 5.88 Å². The average molecular weight is 199 g/mol. The van der Waals surface area contributed by atoms with Crippen LogP contribution in [-0.2, 0) is 5.11 Å². The van der Waals surface area contributed by atoms with E-state index in [1.807, 2.05) is 6.92 Å². The van der Waals surface area contributed by atoms with Gasteiger partial charge in [0.15, 0.2) is 0 Å². The lowest BCUT2D eigenvalue weighted by Crippen LogP contribution is -2.23. The maximum absolute atomic E-state index is 11.3. The van der Waals surface area contributed by atoms with E-state index >= 15 is 0 Å². The van der Waals surface area contributed by atoms with Gasteiger partial charge in [-0.3, -0.25) is 9.90 Å². The van der Waals surface area contributed by atoms with Gasteiger partial charge in [0.25, 0.3) is 11.8 Å². The fourth-order valence-electron chi connectivity index (χ4n) is 0.851. The third-order valence-corrected chi connectivity index (χ3v) is 2.21. The lowest BCUT2D eigenvalue weighted by molar-refractivity contribution is 0.0949. The summed E-state index contributed by atoms with van der Waals surface area (Å²) in [4.78, 5) is 11.3. The summed E-state index contributed by atoms with van der Waals surface area (Å²) in [6.07, 6.45) is 1.95. The quantitative estimate of drug-likeness (QED) is 0.752. The van der Waals surface area contributed by atoms with Crippen molar-refractivity contribution in [1.29, 1.82) is 0 Å². The minimum atomic E-state index is -0.431. The highest BCUT2D eigenvalue weighted by atomic mass is 32.1. The molecule has 4 nitrogen and oxygen atoms in total. The second-order valence-corrected chi connectivity index (χ2v) is 3.27. The summed E-state index contributed by atoms with van der Waals surface area (Å²) in [5.41, 5.74) is 0.154. The predicted molar refractivity (Wildman–Crippen MR) is 49.5 cm³/mol. The van der Waals surface area contributed by atoms with E-state index in [0.29, 0.717) is 6.54 Å². The van der Waals surface area contributed by atoms with Crippen molar-refractivity contribution < 1.29 is 9.90 Å². The van der Waals surface area contributed by atoms with Crippen LogP contribution in [0.15, 0.2) is 5.38 Å². The highest BCUT2D eigenvalue weighted by molar-refractivity contribution is 7.04. The molecule has 13 heavy (non-hydrogen) atoms. The van der Waals surface area contributed by atoms with E-state index in [-0.39, 0.29) is 11.5 Å². The van der Waals surface area contributed by atoms with E-state index in [9.17, 15) is 9.90 Å². The zero-order chi connectivity index (χ0) is 9.68. The molecule has 0 fully saturated rings. The molecule has 0 saturated heterocycles. The molecule has 0 atom stereocenters. The third-order valence-electron chi connectivity index (χ3n) is 1.60. The third kappa shape index (κ3) is 2.69. The van der Waals surface area contributed by atoms with Gasteiger partial charge in [0.05, 0.1) is 0 Å². The summed E-state index contributed by atoms with van der Waals surface area (Å²) >= 11 is 1.01. The molecule has 0 aliphatic rings. The normalized spacial score (nSPS) is 9.92. The number of carbonyl (C=O) groups excluding carboxylic acids is 1. The number of rotatable bonds is 4. The molecule has 0 bridgehead atoms. The standard InChI is InChI=1S/C8H11N2O2S/c1-2-3-4-9-7(11)6-5-13-10-8(6)12/h5H,2-4H2,1H3,(H,9,11). The number of carbonyl (C=O) groups is 1. The Morgan fingerprint density at radius 2 is 2.46 bits per heavy atom. The van der Waals surface area contributed by atoms with E-state index in [2.05, 4.69) is 9.69 Å². The zero-order valence-corrected chi connectivity index (χ0v) is 8.19. The van der Waals surface area contributed by atoms with Gasteiger partial charge in [-0.25, -0.2) is 0 Å². The summed E-state index contributed by atoms with van der Waals surface area (Å²) in [5, 5.41) is 15.1. The van der Waals surface area contributed by atoms with E-state index in [4.69, 9.17) is 0 Å². The van der Waals surface area contributed by atoms with Gasteiger partial charge in [0, 0.05) is 11.9 Å². The molecule has 0 saturated carbocycles. The van der Waals surface area contributed by atoms with Crippen LogP contribution in [0.3, 0.4) is 0 Å². The van der Waals surface area contributed by atoms with Crippen molar-refractivity contribution >= 4 is 17.4 Å². The van der Waals surface area contributed by atoms with E-state index in [1.165, 1.54) is 5.38 Å². The topological polar surface area (TPSA) is 61.9 Å². The van der Waals surface area contributed by atoms with Crippen LogP contribution >= 0.6 is 11.5 Å². The Morgan fingerprint density at radius 3 is 3.00 bits per heavy atom. The van der Waals surface area contributed by atoms with Crippen LogP contribution in [0.1, 0.15) is 30.1 Å². The Balaban J connectivity index is 2.45. The Kier molecular flexibility index (Phi) is 3.70. The number of amides is 1. The molecule has 0 unspecified atom stereocenters. The molecule has 5 heteroatoms. The lowest BCUT2D eigenvalue weighted by atomic mass is 10.3. The van der Waals surface area contributed by atoms with Gasteiger partial charge in [0.1, 0.15) is 5.56 Å². The molecular weight excluding hydrogens is 188 g/mol. The van der Waals surface area contributed by atoms with Gasteiger partial charge in [-0.1, -0.05) is 13.3 Å². The van der Waals surface area contributed by atoms with E-state index in [0.717, 1.165) is 24.4 Å². The molecule has 71 valence electrons. The molecule has 0 aliphatic carbocycles. The highest BCUT2D eigenvalue weighted by Crippen LogP contribution is 2.16. The fraction of sp³-hybridized carbons (Fsp3) is 0.500. The second kappa shape index (κ2) is 4.81. The lowest BCUT2D eigenvalue weighted by Gasteiger charge is -2.00. The minimum absolute atomic E-state index is 0.154. The molecule has 1 heterocycles. The molecule has 1 amide bonds. The zero-order valence-electron chi connectivity index (χ0n) is 7.37. The van der Waals surface area contributed by atoms with Crippen LogP contribution in [0.4, 0.5) is 0 Å². The summed E-state index contributed by atoms with van der Waals surface area (Å²) in [7, 11) is 0. The van der Waals surface area contributed by atoms with Gasteiger partial charge >= 0.3 is 0 Å². The molecule has 1 aromatic rings. The van der Waals surface area contributed by atoms with Crippen molar-refractivity contribution in [2.45, 2.75) is 19.8 Å². The SMILES string of the molecule is CCCCNC(=O)c1csnc1[O]. The van der Waals surface area contributed by atoms with Crippen molar-refractivity contribution in [2.75, 3.05) is 6.54 Å². The molecule has 0 aromatic carbocycles. The first-order valence-corrected chi connectivity index (χ1v) is 4.99. The van der Waals surface area contributed by atoms with Crippen LogP contribution in [-0.4, -0.2) is 16.8 Å². The smallest absolute Gasteiger partial charge is 0.293 e. The summed E-state index contributed by atoms with van der Waals surface area (Å²) < 4.78 is 3.49. The van der Waals surface area contributed by atoms with Crippen molar-refractivity contribution in [3.8, 4) is 5.88 Å². The fourth-order valence-corrected chi connectivity index (χ4v) is 1.41. The van der Waals surface area contributed by atoms with Crippen LogP contribution in [0.25, 0.3) is 0 Å². The van der Waals surface area contributed by atoms with Gasteiger partial charge in [-0.2, -0.15) is 4.37 Å². The van der Waals surface area contributed by atoms with Gasteiger partial charge in [-0.05, 0) is 18.0 Å². The second-order valence-electron chi connectivity index (χ2n) is 2.64. The Bertz CT molecular complexity index is 285. The van der Waals surface area contributed by atoms with Crippen molar-refractivity contribution in [1.82, 2.24) is 9.69 Å². The predicted octanol–water partition coefficient (Wildman–Crippen LogP) is 1.82. The summed E-state index contributed by atoms with van der Waals surface area (Å²) in [6, 6.07) is 0. The number of aromatic nitrogens is 1. The molecule has 0 aliphatic heterocycles. The Hall–Kier alpha value is -1.10. The summed E-state index contributed by atoms with van der Waals surface area (Å²) in [5.74, 6) is -0.744. The van der Waals surface area contributed by atoms with Gasteiger partial charge in [-0.15, -0.1) is 0 Å². The molecule has 1 radical (unpaired) electrons. The minimum Gasteiger partial charge on any atom is -0.352 e. The molecular formula is C8H11N2O2S. The monoisotopic (exact) mass is 199 g/mol. The number of hydrogen-bond acceptors (Lipinski definition) is 3. The maximum Gasteiger partial charge on any atom is 0.293 e. The van der Waals surface area contributed by atoms with Crippen LogP contribution < -0.4 is 5.32 Å². The number of nitrogens with one attached hydrogen (secondary N) is 1. The number of hydrogen-bond donors (Lipinski definition) is 1. The molecule has 1 aromatic heterocycles. The first kappa shape index (κ1) is 9.98. The summed E-state index contributed by atoms with van der Waals surface area (Å²) in [6.45, 7) is 2.65. The van der Waals surface area contributed by atoms with Gasteiger partial charge in [0.2, 0.25) is 0 Å². The van der Waals surface area contributed by atoms with Crippen LogP contribution in [0.2, 0.25) is 0 Å². The maximum atomic E-state index is 11.3. The highest BCUT2D eigenvalue weighted by Gasteiger charge is 2.13. The van der Waals surface area contributed by atoms with Crippen LogP contribution in [0, 0.1) is 0 Å². The average Bonchev–Trinajstić information content (AvgIpc) is 2.52. The van der Waals surface area contributed by atoms with Crippen molar-refractivity contribution in [3.63, 3.8) is 0 Å². The van der Waals surface area contributed by atoms with Crippen molar-refractivity contribution in [2.24, 2.45) is 0 Å². The van der Waals surface area contributed by atoms with Gasteiger partial charge < -0.3 is 5.32 Å². The van der Waals surface area contributed by atoms with Crippen LogP contribution in [0.5, 0.6) is 5.88 Å². The largest absolute Gasteiger partial charge is 0.352 e. The van der Waals surface area contributed by atoms with E-state index in [1.54, 1.807) is 0 Å². The number of nitrogens with zero attached hydrogens (tertiary/aromatic N) is 1. The molecule has 0 spiro atoms. The first-order chi connectivity index (χ1) is 6.25.